The van der Waals surface area contributed by atoms with Gasteiger partial charge in [0.05, 0.1) is 12.7 Å². The third-order valence-corrected chi connectivity index (χ3v) is 6.30. The highest BCUT2D eigenvalue weighted by Gasteiger charge is 2.45. The molecule has 2 aliphatic rings. The number of carbonyl (C=O) groups is 3. The summed E-state index contributed by atoms with van der Waals surface area (Å²) in [5.41, 5.74) is -0.424. The first kappa shape index (κ1) is 25.1. The van der Waals surface area contributed by atoms with Crippen LogP contribution in [0.2, 0.25) is 5.02 Å². The van der Waals surface area contributed by atoms with Gasteiger partial charge in [-0.25, -0.2) is 14.4 Å². The quantitative estimate of drug-likeness (QED) is 0.604. The first-order valence-electron chi connectivity index (χ1n) is 11.3. The molecule has 0 aromatic heterocycles. The first-order valence-corrected chi connectivity index (χ1v) is 11.7. The number of carboxylic acid groups (broad SMARTS) is 1. The van der Waals surface area contributed by atoms with Gasteiger partial charge in [0.15, 0.2) is 0 Å². The van der Waals surface area contributed by atoms with Crippen LogP contribution in [-0.2, 0) is 14.3 Å². The van der Waals surface area contributed by atoms with Crippen molar-refractivity contribution in [2.24, 2.45) is 11.8 Å². The van der Waals surface area contributed by atoms with Gasteiger partial charge in [0.25, 0.3) is 0 Å². The van der Waals surface area contributed by atoms with Crippen molar-refractivity contribution in [1.29, 1.82) is 0 Å². The molecule has 2 fully saturated rings. The number of aliphatic carboxylic acids is 1. The van der Waals surface area contributed by atoms with Gasteiger partial charge < -0.3 is 19.3 Å². The van der Waals surface area contributed by atoms with Crippen molar-refractivity contribution >= 4 is 29.6 Å². The first-order chi connectivity index (χ1) is 15.5. The molecule has 1 saturated carbocycles. The largest absolute Gasteiger partial charge is 0.490 e. The molecule has 1 heterocycles. The maximum absolute atomic E-state index is 12.7. The van der Waals surface area contributed by atoms with E-state index in [0.29, 0.717) is 30.2 Å². The molecule has 0 bridgehead atoms. The average molecular weight is 482 g/mol. The Balaban J connectivity index is 1.71. The molecule has 0 spiro atoms. The van der Waals surface area contributed by atoms with E-state index in [4.69, 9.17) is 25.8 Å². The number of benzene rings is 1. The summed E-state index contributed by atoms with van der Waals surface area (Å²) in [4.78, 5) is 38.3. The van der Waals surface area contributed by atoms with Crippen molar-refractivity contribution in [1.82, 2.24) is 4.90 Å². The number of amides is 1. The Kier molecular flexibility index (Phi) is 7.77. The van der Waals surface area contributed by atoms with Crippen LogP contribution in [0.1, 0.15) is 63.7 Å². The van der Waals surface area contributed by atoms with Gasteiger partial charge in [-0.05, 0) is 83.4 Å². The Labute approximate surface area is 199 Å². The number of piperidine rings is 1. The van der Waals surface area contributed by atoms with Crippen LogP contribution in [-0.4, -0.2) is 58.9 Å². The second-order valence-electron chi connectivity index (χ2n) is 9.66. The van der Waals surface area contributed by atoms with Crippen molar-refractivity contribution in [2.45, 2.75) is 71.1 Å². The Bertz CT molecular complexity index is 897. The van der Waals surface area contributed by atoms with Crippen LogP contribution in [0.25, 0.3) is 0 Å². The Morgan fingerprint density at radius 2 is 1.88 bits per heavy atom. The number of hydrogen-bond donors (Lipinski definition) is 1. The maximum atomic E-state index is 12.7. The fourth-order valence-corrected chi connectivity index (χ4v) is 4.80. The zero-order chi connectivity index (χ0) is 24.3. The molecule has 0 radical (unpaired) electrons. The molecule has 3 rings (SSSR count). The minimum atomic E-state index is -1.04. The van der Waals surface area contributed by atoms with Gasteiger partial charge in [0, 0.05) is 11.6 Å². The van der Waals surface area contributed by atoms with Gasteiger partial charge in [-0.3, -0.25) is 4.90 Å². The van der Waals surface area contributed by atoms with Crippen LogP contribution in [0.4, 0.5) is 4.79 Å². The maximum Gasteiger partial charge on any atom is 0.411 e. The molecule has 1 saturated heterocycles. The van der Waals surface area contributed by atoms with E-state index in [1.807, 2.05) is 0 Å². The van der Waals surface area contributed by atoms with Crippen LogP contribution in [0.3, 0.4) is 0 Å². The number of carboxylic acids is 1. The molecule has 8 nitrogen and oxygen atoms in total. The topological polar surface area (TPSA) is 102 Å². The Morgan fingerprint density at radius 3 is 2.52 bits per heavy atom. The van der Waals surface area contributed by atoms with Crippen LogP contribution in [0.5, 0.6) is 5.75 Å². The second-order valence-corrected chi connectivity index (χ2v) is 10.1. The minimum absolute atomic E-state index is 0.0851. The number of fused-ring (bicyclic) bond motifs is 1. The molecule has 1 aromatic rings. The summed E-state index contributed by atoms with van der Waals surface area (Å²) >= 11 is 6.06. The molecule has 33 heavy (non-hydrogen) atoms. The fourth-order valence-electron chi connectivity index (χ4n) is 4.62. The number of likely N-dealkylation sites (tertiary alicyclic amines) is 1. The Hall–Kier alpha value is -2.48. The van der Waals surface area contributed by atoms with Gasteiger partial charge in [0.2, 0.25) is 0 Å². The van der Waals surface area contributed by atoms with Crippen LogP contribution >= 0.6 is 11.6 Å². The summed E-state index contributed by atoms with van der Waals surface area (Å²) in [7, 11) is 0. The monoisotopic (exact) mass is 481 g/mol. The molecule has 1 amide bonds. The second kappa shape index (κ2) is 10.2. The lowest BCUT2D eigenvalue weighted by Gasteiger charge is -2.46. The third-order valence-electron chi connectivity index (χ3n) is 6.07. The van der Waals surface area contributed by atoms with Gasteiger partial charge in [-0.1, -0.05) is 11.6 Å². The third kappa shape index (κ3) is 6.31. The molecular weight excluding hydrogens is 450 g/mol. The van der Waals surface area contributed by atoms with Gasteiger partial charge in [0.1, 0.15) is 23.0 Å². The normalized spacial score (nSPS) is 25.1. The van der Waals surface area contributed by atoms with E-state index in [1.165, 1.54) is 11.0 Å². The van der Waals surface area contributed by atoms with Crippen molar-refractivity contribution in [3.05, 3.63) is 28.8 Å². The molecule has 4 unspecified atom stereocenters. The number of carbonyl (C=O) groups excluding carboxylic acids is 2. The van der Waals surface area contributed by atoms with Crippen molar-refractivity contribution in [3.63, 3.8) is 0 Å². The van der Waals surface area contributed by atoms with Crippen LogP contribution in [0.15, 0.2) is 18.2 Å². The zero-order valence-electron chi connectivity index (χ0n) is 19.5. The number of halogens is 1. The van der Waals surface area contributed by atoms with Crippen LogP contribution in [0, 0.1) is 11.8 Å². The lowest BCUT2D eigenvalue weighted by atomic mass is 9.72. The lowest BCUT2D eigenvalue weighted by molar-refractivity contribution is -0.147. The summed E-state index contributed by atoms with van der Waals surface area (Å²) in [5, 5.41) is 10.2. The number of ether oxygens (including phenoxy) is 3. The standard InChI is InChI=1S/C24H32ClNO7/c1-5-31-22(29)18-12-16(25)7-9-20(18)32-17-8-6-14-13-26(23(30)33-24(2,3)4)19(21(27)28)11-15(14)10-17/h7,9,12,14-15,17,19H,5-6,8,10-11,13H2,1-4H3,(H,27,28). The summed E-state index contributed by atoms with van der Waals surface area (Å²) in [5.74, 6) is -0.878. The van der Waals surface area contributed by atoms with Crippen molar-refractivity contribution in [3.8, 4) is 5.75 Å². The molecule has 4 atom stereocenters. The zero-order valence-corrected chi connectivity index (χ0v) is 20.3. The van der Waals surface area contributed by atoms with Gasteiger partial charge in [-0.2, -0.15) is 0 Å². The highest BCUT2D eigenvalue weighted by Crippen LogP contribution is 2.41. The fraction of sp³-hybridized carbons (Fsp3) is 0.625. The van der Waals surface area contributed by atoms with E-state index in [2.05, 4.69) is 0 Å². The van der Waals surface area contributed by atoms with E-state index < -0.39 is 29.7 Å². The minimum Gasteiger partial charge on any atom is -0.490 e. The summed E-state index contributed by atoms with van der Waals surface area (Å²) in [6.07, 6.45) is 1.72. The molecule has 182 valence electrons. The number of esters is 1. The number of rotatable bonds is 5. The number of hydrogen-bond acceptors (Lipinski definition) is 6. The highest BCUT2D eigenvalue weighted by molar-refractivity contribution is 6.31. The number of nitrogens with zero attached hydrogens (tertiary/aromatic N) is 1. The van der Waals surface area contributed by atoms with Crippen LogP contribution < -0.4 is 4.74 Å². The molecule has 1 aromatic carbocycles. The Morgan fingerprint density at radius 1 is 1.15 bits per heavy atom. The average Bonchev–Trinajstić information content (AvgIpc) is 2.72. The molecule has 1 N–H and O–H groups in total. The van der Waals surface area contributed by atoms with E-state index in [1.54, 1.807) is 39.8 Å². The SMILES string of the molecule is CCOC(=O)c1cc(Cl)ccc1OC1CCC2CN(C(=O)OC(C)(C)C)C(C(=O)O)CC2C1. The molecule has 9 heteroatoms. The van der Waals surface area contributed by atoms with E-state index >= 15 is 0 Å². The lowest BCUT2D eigenvalue weighted by Crippen LogP contribution is -2.56. The van der Waals surface area contributed by atoms with E-state index in [-0.39, 0.29) is 30.1 Å². The van der Waals surface area contributed by atoms with Crippen molar-refractivity contribution < 1.29 is 33.7 Å². The molecule has 1 aliphatic heterocycles. The smallest absolute Gasteiger partial charge is 0.411 e. The van der Waals surface area contributed by atoms with Crippen molar-refractivity contribution in [2.75, 3.05) is 13.2 Å². The van der Waals surface area contributed by atoms with E-state index in [9.17, 15) is 19.5 Å². The summed E-state index contributed by atoms with van der Waals surface area (Å²) in [6, 6.07) is 3.91. The van der Waals surface area contributed by atoms with E-state index in [0.717, 1.165) is 12.8 Å². The van der Waals surface area contributed by atoms with Gasteiger partial charge >= 0.3 is 18.0 Å². The predicted octanol–water partition coefficient (Wildman–Crippen LogP) is 4.77. The summed E-state index contributed by atoms with van der Waals surface area (Å²) < 4.78 is 16.7. The van der Waals surface area contributed by atoms with Gasteiger partial charge in [-0.15, -0.1) is 0 Å². The summed E-state index contributed by atoms with van der Waals surface area (Å²) in [6.45, 7) is 7.60. The highest BCUT2D eigenvalue weighted by atomic mass is 35.5. The predicted molar refractivity (Wildman–Crippen MR) is 122 cm³/mol. The molecular formula is C24H32ClNO7. The molecule has 1 aliphatic carbocycles.